The van der Waals surface area contributed by atoms with Gasteiger partial charge in [0.15, 0.2) is 0 Å². The number of nitrogens with zero attached hydrogens (tertiary/aromatic N) is 3. The van der Waals surface area contributed by atoms with E-state index in [-0.39, 0.29) is 17.2 Å². The van der Waals surface area contributed by atoms with Crippen molar-refractivity contribution in [1.29, 1.82) is 0 Å². The molecule has 0 spiro atoms. The van der Waals surface area contributed by atoms with E-state index in [2.05, 4.69) is 25.2 Å². The summed E-state index contributed by atoms with van der Waals surface area (Å²) in [6, 6.07) is 6.35. The van der Waals surface area contributed by atoms with Crippen molar-refractivity contribution in [3.63, 3.8) is 0 Å². The van der Waals surface area contributed by atoms with Crippen LogP contribution in [-0.2, 0) is 0 Å². The first-order valence-electron chi connectivity index (χ1n) is 7.72. The molecule has 0 aliphatic carbocycles. The van der Waals surface area contributed by atoms with E-state index in [1.54, 1.807) is 30.6 Å². The largest absolute Gasteiger partial charge is 0.350 e. The Balaban J connectivity index is 1.56. The highest BCUT2D eigenvalue weighted by atomic mass is 16.2. The first-order chi connectivity index (χ1) is 11.2. The van der Waals surface area contributed by atoms with Gasteiger partial charge in [0.1, 0.15) is 5.69 Å². The molecular weight excluding hydrogens is 294 g/mol. The molecule has 0 aromatic carbocycles. The summed E-state index contributed by atoms with van der Waals surface area (Å²) in [4.78, 5) is 36.5. The fourth-order valence-electron chi connectivity index (χ4n) is 2.78. The van der Waals surface area contributed by atoms with Crippen LogP contribution in [0.2, 0.25) is 0 Å². The Morgan fingerprint density at radius 2 is 2.13 bits per heavy atom. The van der Waals surface area contributed by atoms with Crippen molar-refractivity contribution >= 4 is 11.9 Å². The number of carbonyl (C=O) groups is 1. The number of hydrogen-bond donors (Lipinski definition) is 2. The summed E-state index contributed by atoms with van der Waals surface area (Å²) in [5, 5.41) is 2.89. The van der Waals surface area contributed by atoms with Crippen molar-refractivity contribution < 1.29 is 4.79 Å². The standard InChI is InChI=1S/C16H19N5O2/c22-14-6-1-5-13(20-14)15(23)19-10-12-4-2-9-21(11-12)16-17-7-3-8-18-16/h1,3,5-8,12H,2,4,9-11H2,(H,19,23)(H,20,22)/t12-/m0/s1. The van der Waals surface area contributed by atoms with Gasteiger partial charge in [0.25, 0.3) is 5.91 Å². The molecule has 7 nitrogen and oxygen atoms in total. The molecule has 2 aromatic heterocycles. The highest BCUT2D eigenvalue weighted by molar-refractivity contribution is 5.92. The Labute approximate surface area is 133 Å². The topological polar surface area (TPSA) is 91.0 Å². The van der Waals surface area contributed by atoms with Gasteiger partial charge in [-0.25, -0.2) is 9.97 Å². The zero-order chi connectivity index (χ0) is 16.1. The van der Waals surface area contributed by atoms with Crippen molar-refractivity contribution in [2.24, 2.45) is 5.92 Å². The predicted molar refractivity (Wildman–Crippen MR) is 86.4 cm³/mol. The number of aromatic nitrogens is 3. The van der Waals surface area contributed by atoms with E-state index in [0.29, 0.717) is 12.5 Å². The van der Waals surface area contributed by atoms with Gasteiger partial charge in [-0.2, -0.15) is 0 Å². The first kappa shape index (κ1) is 15.2. The number of aromatic amines is 1. The van der Waals surface area contributed by atoms with E-state index in [4.69, 9.17) is 0 Å². The summed E-state index contributed by atoms with van der Waals surface area (Å²) < 4.78 is 0. The van der Waals surface area contributed by atoms with E-state index in [1.807, 2.05) is 0 Å². The molecule has 0 bridgehead atoms. The van der Waals surface area contributed by atoms with E-state index >= 15 is 0 Å². The van der Waals surface area contributed by atoms with Crippen molar-refractivity contribution in [2.45, 2.75) is 12.8 Å². The SMILES string of the molecule is O=C(NC[C@@H]1CCCN(c2ncccn2)C1)c1cccc(=O)[nH]1. The molecule has 1 fully saturated rings. The van der Waals surface area contributed by atoms with Crippen molar-refractivity contribution in [3.8, 4) is 0 Å². The van der Waals surface area contributed by atoms with Crippen LogP contribution < -0.4 is 15.8 Å². The molecule has 1 aliphatic heterocycles. The summed E-state index contributed by atoms with van der Waals surface area (Å²) in [5.74, 6) is 0.818. The third-order valence-corrected chi connectivity index (χ3v) is 3.92. The molecule has 2 aromatic rings. The number of pyridine rings is 1. The molecule has 1 amide bonds. The van der Waals surface area contributed by atoms with Gasteiger partial charge < -0.3 is 15.2 Å². The number of nitrogens with one attached hydrogen (secondary N) is 2. The van der Waals surface area contributed by atoms with Crippen molar-refractivity contribution in [2.75, 3.05) is 24.5 Å². The van der Waals surface area contributed by atoms with Crippen molar-refractivity contribution in [3.05, 3.63) is 52.7 Å². The van der Waals surface area contributed by atoms with Gasteiger partial charge in [0.05, 0.1) is 0 Å². The number of rotatable bonds is 4. The molecule has 3 rings (SSSR count). The molecule has 0 saturated carbocycles. The molecule has 1 aliphatic rings. The van der Waals surface area contributed by atoms with Gasteiger partial charge >= 0.3 is 0 Å². The summed E-state index contributed by atoms with van der Waals surface area (Å²) >= 11 is 0. The minimum Gasteiger partial charge on any atom is -0.350 e. The normalized spacial score (nSPS) is 17.7. The maximum atomic E-state index is 12.1. The molecule has 23 heavy (non-hydrogen) atoms. The molecule has 1 atom stereocenters. The van der Waals surface area contributed by atoms with Crippen LogP contribution in [0.1, 0.15) is 23.3 Å². The van der Waals surface area contributed by atoms with Gasteiger partial charge in [0, 0.05) is 38.1 Å². The molecule has 120 valence electrons. The average molecular weight is 313 g/mol. The number of piperidine rings is 1. The second kappa shape index (κ2) is 7.04. The van der Waals surface area contributed by atoms with E-state index in [9.17, 15) is 9.59 Å². The fourth-order valence-corrected chi connectivity index (χ4v) is 2.78. The molecule has 2 N–H and O–H groups in total. The Kier molecular flexibility index (Phi) is 4.65. The summed E-state index contributed by atoms with van der Waals surface area (Å²) in [5.41, 5.74) is 0.0132. The zero-order valence-electron chi connectivity index (χ0n) is 12.7. The molecule has 0 radical (unpaired) electrons. The Hall–Kier alpha value is -2.70. The molecule has 0 unspecified atom stereocenters. The Morgan fingerprint density at radius 3 is 2.91 bits per heavy atom. The van der Waals surface area contributed by atoms with Crippen LogP contribution in [0.3, 0.4) is 0 Å². The van der Waals surface area contributed by atoms with Crippen LogP contribution in [0.15, 0.2) is 41.5 Å². The molecule has 1 saturated heterocycles. The lowest BCUT2D eigenvalue weighted by Crippen LogP contribution is -2.41. The second-order valence-electron chi connectivity index (χ2n) is 5.64. The maximum absolute atomic E-state index is 12.1. The van der Waals surface area contributed by atoms with Crippen LogP contribution in [0.25, 0.3) is 0 Å². The van der Waals surface area contributed by atoms with Gasteiger partial charge in [-0.15, -0.1) is 0 Å². The Morgan fingerprint density at radius 1 is 1.30 bits per heavy atom. The van der Waals surface area contributed by atoms with E-state index in [0.717, 1.165) is 31.9 Å². The maximum Gasteiger partial charge on any atom is 0.267 e. The highest BCUT2D eigenvalue weighted by Crippen LogP contribution is 2.19. The zero-order valence-corrected chi connectivity index (χ0v) is 12.7. The number of hydrogen-bond acceptors (Lipinski definition) is 5. The first-order valence-corrected chi connectivity index (χ1v) is 7.72. The molecule has 7 heteroatoms. The smallest absolute Gasteiger partial charge is 0.267 e. The summed E-state index contributed by atoms with van der Waals surface area (Å²) in [7, 11) is 0. The number of H-pyrrole nitrogens is 1. The quantitative estimate of drug-likeness (QED) is 0.872. The van der Waals surface area contributed by atoms with Gasteiger partial charge in [-0.3, -0.25) is 9.59 Å². The lowest BCUT2D eigenvalue weighted by molar-refractivity contribution is 0.0940. The van der Waals surface area contributed by atoms with Crippen LogP contribution in [0.4, 0.5) is 5.95 Å². The van der Waals surface area contributed by atoms with E-state index < -0.39 is 0 Å². The predicted octanol–water partition coefficient (Wildman–Crippen LogP) is 0.811. The summed E-state index contributed by atoms with van der Waals surface area (Å²) in [6.45, 7) is 2.31. The van der Waals surface area contributed by atoms with Gasteiger partial charge in [-0.05, 0) is 30.9 Å². The number of anilines is 1. The number of amides is 1. The van der Waals surface area contributed by atoms with E-state index in [1.165, 1.54) is 6.07 Å². The number of carbonyl (C=O) groups excluding carboxylic acids is 1. The van der Waals surface area contributed by atoms with Crippen LogP contribution in [-0.4, -0.2) is 40.5 Å². The third kappa shape index (κ3) is 3.94. The average Bonchev–Trinajstić information content (AvgIpc) is 2.61. The third-order valence-electron chi connectivity index (χ3n) is 3.92. The lowest BCUT2D eigenvalue weighted by atomic mass is 9.98. The van der Waals surface area contributed by atoms with Gasteiger partial charge in [0.2, 0.25) is 11.5 Å². The molecule has 3 heterocycles. The monoisotopic (exact) mass is 313 g/mol. The Bertz CT molecular complexity index is 716. The summed E-state index contributed by atoms with van der Waals surface area (Å²) in [6.07, 6.45) is 5.56. The minimum absolute atomic E-state index is 0.254. The van der Waals surface area contributed by atoms with Crippen molar-refractivity contribution in [1.82, 2.24) is 20.3 Å². The van der Waals surface area contributed by atoms with Crippen LogP contribution >= 0.6 is 0 Å². The van der Waals surface area contributed by atoms with Gasteiger partial charge in [-0.1, -0.05) is 6.07 Å². The minimum atomic E-state index is -0.275. The lowest BCUT2D eigenvalue weighted by Gasteiger charge is -2.32. The second-order valence-corrected chi connectivity index (χ2v) is 5.64. The fraction of sp³-hybridized carbons (Fsp3) is 0.375. The molecular formula is C16H19N5O2. The van der Waals surface area contributed by atoms with Crippen LogP contribution in [0.5, 0.6) is 0 Å². The van der Waals surface area contributed by atoms with Crippen LogP contribution in [0, 0.1) is 5.92 Å². The highest BCUT2D eigenvalue weighted by Gasteiger charge is 2.22.